The smallest absolute Gasteiger partial charge is 0.197 e. The summed E-state index contributed by atoms with van der Waals surface area (Å²) < 4.78 is 23.1. The summed E-state index contributed by atoms with van der Waals surface area (Å²) in [7, 11) is 3.06. The van der Waals surface area contributed by atoms with E-state index < -0.39 is 0 Å². The van der Waals surface area contributed by atoms with Gasteiger partial charge in [-0.2, -0.15) is 0 Å². The number of ether oxygens (including phenoxy) is 2. The number of aryl methyl sites for hydroxylation is 1. The average molecular weight is 551 g/mol. The first-order valence-electron chi connectivity index (χ1n) is 14.6. The number of hydrogen-bond acceptors (Lipinski definition) is 7. The van der Waals surface area contributed by atoms with Crippen molar-refractivity contribution < 1.29 is 28.5 Å². The van der Waals surface area contributed by atoms with Crippen molar-refractivity contribution in [3.05, 3.63) is 52.4 Å². The number of phenolic OH excluding ortho intramolecular Hbond substituents is 1. The normalized spacial score (nSPS) is 11.5. The minimum atomic E-state index is -0.206. The number of rotatable bonds is 17. The van der Waals surface area contributed by atoms with Crippen LogP contribution in [0.4, 0.5) is 0 Å². The van der Waals surface area contributed by atoms with E-state index >= 15 is 0 Å². The summed E-state index contributed by atoms with van der Waals surface area (Å²) in [6.07, 6.45) is 15.3. The van der Waals surface area contributed by atoms with E-state index in [0.29, 0.717) is 46.0 Å². The van der Waals surface area contributed by atoms with Gasteiger partial charge in [-0.15, -0.1) is 0 Å². The molecule has 2 N–H and O–H groups in total. The third-order valence-corrected chi connectivity index (χ3v) is 7.53. The second kappa shape index (κ2) is 14.8. The van der Waals surface area contributed by atoms with Crippen LogP contribution in [-0.4, -0.2) is 31.0 Å². The van der Waals surface area contributed by atoms with Gasteiger partial charge in [0, 0.05) is 30.7 Å². The number of aromatic hydroxyl groups is 1. The van der Waals surface area contributed by atoms with E-state index in [4.69, 9.17) is 23.4 Å². The molecule has 0 saturated heterocycles. The quantitative estimate of drug-likeness (QED) is 0.128. The fourth-order valence-corrected chi connectivity index (χ4v) is 5.29. The zero-order valence-electron chi connectivity index (χ0n) is 23.8. The van der Waals surface area contributed by atoms with Gasteiger partial charge in [-0.3, -0.25) is 4.79 Å². The van der Waals surface area contributed by atoms with Crippen molar-refractivity contribution >= 4 is 21.9 Å². The maximum atomic E-state index is 13.3. The van der Waals surface area contributed by atoms with Gasteiger partial charge in [0.05, 0.1) is 19.6 Å². The van der Waals surface area contributed by atoms with Crippen LogP contribution >= 0.6 is 0 Å². The molecule has 0 aliphatic carbocycles. The number of aliphatic hydroxyl groups is 1. The highest BCUT2D eigenvalue weighted by Crippen LogP contribution is 2.37. The summed E-state index contributed by atoms with van der Waals surface area (Å²) in [4.78, 5) is 13.3. The van der Waals surface area contributed by atoms with Crippen molar-refractivity contribution in [1.29, 1.82) is 0 Å². The molecule has 0 spiro atoms. The lowest BCUT2D eigenvalue weighted by Gasteiger charge is -2.08. The lowest BCUT2D eigenvalue weighted by Crippen LogP contribution is -2.01. The monoisotopic (exact) mass is 550 g/mol. The Kier molecular flexibility index (Phi) is 10.9. The molecule has 4 aromatic rings. The van der Waals surface area contributed by atoms with Gasteiger partial charge in [-0.25, -0.2) is 0 Å². The van der Waals surface area contributed by atoms with E-state index in [2.05, 4.69) is 0 Å². The van der Waals surface area contributed by atoms with E-state index in [1.807, 2.05) is 6.07 Å². The lowest BCUT2D eigenvalue weighted by molar-refractivity contribution is 0.282. The molecular weight excluding hydrogens is 508 g/mol. The van der Waals surface area contributed by atoms with Crippen LogP contribution in [0.5, 0.6) is 17.2 Å². The minimum Gasteiger partial charge on any atom is -0.504 e. The maximum absolute atomic E-state index is 13.3. The van der Waals surface area contributed by atoms with E-state index in [1.54, 1.807) is 25.3 Å². The second-order valence-electron chi connectivity index (χ2n) is 10.5. The zero-order chi connectivity index (χ0) is 28.3. The number of phenols is 1. The number of aliphatic hydroxyl groups excluding tert-OH is 1. The third-order valence-electron chi connectivity index (χ3n) is 7.53. The molecule has 0 aliphatic heterocycles. The Labute approximate surface area is 235 Å². The molecule has 0 bridgehead atoms. The molecule has 0 fully saturated rings. The second-order valence-corrected chi connectivity index (χ2v) is 10.5. The van der Waals surface area contributed by atoms with Crippen LogP contribution in [-0.2, 0) is 6.42 Å². The number of hydrogen-bond donors (Lipinski definition) is 2. The molecule has 216 valence electrons. The first-order chi connectivity index (χ1) is 19.5. The first kappa shape index (κ1) is 29.5. The van der Waals surface area contributed by atoms with Crippen molar-refractivity contribution in [2.45, 2.75) is 83.5 Å². The molecule has 0 radical (unpaired) electrons. The Hall–Kier alpha value is -3.45. The Morgan fingerprint density at radius 1 is 0.725 bits per heavy atom. The fourth-order valence-electron chi connectivity index (χ4n) is 5.29. The van der Waals surface area contributed by atoms with Gasteiger partial charge >= 0.3 is 0 Å². The zero-order valence-corrected chi connectivity index (χ0v) is 23.8. The van der Waals surface area contributed by atoms with Gasteiger partial charge in [0.15, 0.2) is 22.5 Å². The minimum absolute atomic E-state index is 0.0120. The lowest BCUT2D eigenvalue weighted by atomic mass is 10.0. The van der Waals surface area contributed by atoms with Gasteiger partial charge in [-0.1, -0.05) is 64.2 Å². The Balaban J connectivity index is 1.36. The van der Waals surface area contributed by atoms with Crippen molar-refractivity contribution in [3.63, 3.8) is 0 Å². The number of furan rings is 1. The Morgan fingerprint density at radius 3 is 1.98 bits per heavy atom. The predicted octanol–water partition coefficient (Wildman–Crippen LogP) is 8.15. The molecule has 0 saturated carbocycles. The van der Waals surface area contributed by atoms with E-state index in [1.165, 1.54) is 70.6 Å². The van der Waals surface area contributed by atoms with Crippen molar-refractivity contribution in [2.24, 2.45) is 0 Å². The third kappa shape index (κ3) is 7.39. The first-order valence-corrected chi connectivity index (χ1v) is 14.6. The van der Waals surface area contributed by atoms with Crippen LogP contribution in [0.25, 0.3) is 33.3 Å². The van der Waals surface area contributed by atoms with Crippen LogP contribution in [0.1, 0.15) is 82.8 Å². The standard InChI is InChI=1S/C33H42O7/c1-37-29-22-31-32(27(36)21-28(40-31)23-16-17-26(35)30(19-23)38-2)33-25(29)20-24(39-33)15-13-11-9-7-5-3-4-6-8-10-12-14-18-34/h16-17,19-22,34-35H,3-15,18H2,1-2H3. The van der Waals surface area contributed by atoms with Crippen LogP contribution < -0.4 is 14.9 Å². The van der Waals surface area contributed by atoms with Gasteiger partial charge in [0.2, 0.25) is 0 Å². The predicted molar refractivity (Wildman–Crippen MR) is 159 cm³/mol. The molecule has 2 aromatic carbocycles. The highest BCUT2D eigenvalue weighted by molar-refractivity contribution is 6.05. The summed E-state index contributed by atoms with van der Waals surface area (Å²) >= 11 is 0. The van der Waals surface area contributed by atoms with E-state index in [-0.39, 0.29) is 11.2 Å². The van der Waals surface area contributed by atoms with E-state index in [0.717, 1.165) is 43.3 Å². The molecule has 0 amide bonds. The number of unbranched alkanes of at least 4 members (excludes halogenated alkanes) is 11. The van der Waals surface area contributed by atoms with Gasteiger partial charge in [0.1, 0.15) is 28.2 Å². The topological polar surface area (TPSA) is 102 Å². The number of methoxy groups -OCH3 is 2. The van der Waals surface area contributed by atoms with Gasteiger partial charge in [-0.05, 0) is 37.1 Å². The maximum Gasteiger partial charge on any atom is 0.197 e. The Bertz CT molecular complexity index is 1430. The molecule has 0 unspecified atom stereocenters. The summed E-state index contributed by atoms with van der Waals surface area (Å²) in [5.41, 5.74) is 1.28. The Morgan fingerprint density at radius 2 is 1.35 bits per heavy atom. The largest absolute Gasteiger partial charge is 0.504 e. The molecule has 40 heavy (non-hydrogen) atoms. The van der Waals surface area contributed by atoms with Crippen LogP contribution in [0.2, 0.25) is 0 Å². The fraction of sp³-hybridized carbons (Fsp3) is 0.485. The number of fused-ring (bicyclic) bond motifs is 3. The van der Waals surface area contributed by atoms with Crippen LogP contribution in [0.15, 0.2) is 50.0 Å². The molecule has 7 nitrogen and oxygen atoms in total. The molecule has 0 aliphatic rings. The summed E-state index contributed by atoms with van der Waals surface area (Å²) in [6.45, 7) is 0.319. The molecule has 2 heterocycles. The summed E-state index contributed by atoms with van der Waals surface area (Å²) in [5.74, 6) is 2.11. The van der Waals surface area contributed by atoms with Crippen LogP contribution in [0, 0.1) is 0 Å². The SMILES string of the molecule is COc1cc(-c2cc(=O)c3c(cc(OC)c4cc(CCCCCCCCCCCCCCO)oc43)o2)ccc1O. The summed E-state index contributed by atoms with van der Waals surface area (Å²) in [5, 5.41) is 19.9. The van der Waals surface area contributed by atoms with Crippen molar-refractivity contribution in [2.75, 3.05) is 20.8 Å². The highest BCUT2D eigenvalue weighted by atomic mass is 16.5. The van der Waals surface area contributed by atoms with Crippen LogP contribution in [0.3, 0.4) is 0 Å². The van der Waals surface area contributed by atoms with Gasteiger partial charge in [0.25, 0.3) is 0 Å². The van der Waals surface area contributed by atoms with E-state index in [9.17, 15) is 9.90 Å². The van der Waals surface area contributed by atoms with Crippen molar-refractivity contribution in [3.8, 4) is 28.6 Å². The summed E-state index contributed by atoms with van der Waals surface area (Å²) in [6, 6.07) is 9.96. The average Bonchev–Trinajstić information content (AvgIpc) is 3.39. The molecule has 2 aromatic heterocycles. The molecule has 0 atom stereocenters. The van der Waals surface area contributed by atoms with Crippen molar-refractivity contribution in [1.82, 2.24) is 0 Å². The molecule has 4 rings (SSSR count). The molecule has 7 heteroatoms. The number of benzene rings is 2. The van der Waals surface area contributed by atoms with Gasteiger partial charge < -0.3 is 28.5 Å². The highest BCUT2D eigenvalue weighted by Gasteiger charge is 2.19. The molecular formula is C33H42O7.